The number of nitriles is 1. The molecule has 15 heavy (non-hydrogen) atoms. The summed E-state index contributed by atoms with van der Waals surface area (Å²) in [6.07, 6.45) is 0.291. The highest BCUT2D eigenvalue weighted by atomic mass is 16.5. The summed E-state index contributed by atoms with van der Waals surface area (Å²) in [4.78, 5) is 0. The van der Waals surface area contributed by atoms with Gasteiger partial charge in [0.15, 0.2) is 0 Å². The van der Waals surface area contributed by atoms with E-state index in [-0.39, 0.29) is 12.5 Å². The average Bonchev–Trinajstić information content (AvgIpc) is 2.18. The van der Waals surface area contributed by atoms with E-state index in [1.54, 1.807) is 12.1 Å². The predicted octanol–water partition coefficient (Wildman–Crippen LogP) is 2.76. The molecule has 0 aliphatic carbocycles. The number of nitrogens with one attached hydrogen (secondary N) is 1. The average molecular weight is 202 g/mol. The van der Waals surface area contributed by atoms with Crippen molar-refractivity contribution in [3.05, 3.63) is 29.8 Å². The first-order chi connectivity index (χ1) is 7.13. The molecular weight excluding hydrogens is 188 g/mol. The lowest BCUT2D eigenvalue weighted by Crippen LogP contribution is -2.05. The lowest BCUT2D eigenvalue weighted by molar-refractivity contribution is 0.242. The minimum Gasteiger partial charge on any atom is -0.491 e. The fourth-order valence-corrected chi connectivity index (χ4v) is 1.19. The Morgan fingerprint density at radius 3 is 2.47 bits per heavy atom. The maximum atomic E-state index is 8.46. The van der Waals surface area contributed by atoms with E-state index < -0.39 is 0 Å². The molecule has 0 aliphatic heterocycles. The van der Waals surface area contributed by atoms with Crippen molar-refractivity contribution >= 4 is 5.71 Å². The first-order valence-corrected chi connectivity index (χ1v) is 4.85. The van der Waals surface area contributed by atoms with Gasteiger partial charge >= 0.3 is 0 Å². The second kappa shape index (κ2) is 5.16. The normalized spacial score (nSPS) is 9.73. The Morgan fingerprint density at radius 2 is 2.00 bits per heavy atom. The third kappa shape index (κ3) is 3.43. The monoisotopic (exact) mass is 202 g/mol. The van der Waals surface area contributed by atoms with Crippen molar-refractivity contribution in [1.29, 1.82) is 10.7 Å². The van der Waals surface area contributed by atoms with Crippen LogP contribution in [0.25, 0.3) is 0 Å². The number of hydrogen-bond acceptors (Lipinski definition) is 3. The molecule has 1 aromatic rings. The van der Waals surface area contributed by atoms with Crippen LogP contribution < -0.4 is 4.74 Å². The van der Waals surface area contributed by atoms with Crippen molar-refractivity contribution in [2.24, 2.45) is 0 Å². The van der Waals surface area contributed by atoms with Gasteiger partial charge in [-0.3, -0.25) is 0 Å². The van der Waals surface area contributed by atoms with Crippen molar-refractivity contribution in [3.8, 4) is 11.8 Å². The molecule has 1 aromatic carbocycles. The van der Waals surface area contributed by atoms with E-state index in [0.717, 1.165) is 11.3 Å². The van der Waals surface area contributed by atoms with Gasteiger partial charge in [-0.15, -0.1) is 0 Å². The molecule has 3 nitrogen and oxygen atoms in total. The summed E-state index contributed by atoms with van der Waals surface area (Å²) in [7, 11) is 0. The molecule has 1 N–H and O–H groups in total. The number of rotatable bonds is 4. The Labute approximate surface area is 89.8 Å². The van der Waals surface area contributed by atoms with Crippen molar-refractivity contribution in [1.82, 2.24) is 0 Å². The van der Waals surface area contributed by atoms with E-state index in [1.807, 2.05) is 32.0 Å². The lowest BCUT2D eigenvalue weighted by Gasteiger charge is -2.09. The lowest BCUT2D eigenvalue weighted by atomic mass is 10.1. The minimum atomic E-state index is 0.143. The van der Waals surface area contributed by atoms with Crippen LogP contribution in [-0.4, -0.2) is 11.8 Å². The Hall–Kier alpha value is -1.82. The minimum absolute atomic E-state index is 0.143. The maximum absolute atomic E-state index is 8.46. The van der Waals surface area contributed by atoms with Gasteiger partial charge < -0.3 is 10.1 Å². The van der Waals surface area contributed by atoms with Gasteiger partial charge in [0.1, 0.15) is 5.75 Å². The second-order valence-corrected chi connectivity index (χ2v) is 3.50. The van der Waals surface area contributed by atoms with Gasteiger partial charge in [-0.25, -0.2) is 0 Å². The number of hydrogen-bond donors (Lipinski definition) is 1. The van der Waals surface area contributed by atoms with Gasteiger partial charge in [-0.1, -0.05) is 0 Å². The quantitative estimate of drug-likeness (QED) is 0.763. The summed E-state index contributed by atoms with van der Waals surface area (Å²) in [6.45, 7) is 3.93. The molecule has 0 bridgehead atoms. The maximum Gasteiger partial charge on any atom is 0.119 e. The van der Waals surface area contributed by atoms with Crippen LogP contribution in [0, 0.1) is 16.7 Å². The number of nitrogens with zero attached hydrogens (tertiary/aromatic N) is 1. The molecule has 1 rings (SSSR count). The zero-order chi connectivity index (χ0) is 11.3. The van der Waals surface area contributed by atoms with Crippen LogP contribution >= 0.6 is 0 Å². The first kappa shape index (κ1) is 11.3. The molecule has 0 unspecified atom stereocenters. The molecule has 0 fully saturated rings. The van der Waals surface area contributed by atoms with Crippen molar-refractivity contribution in [2.75, 3.05) is 0 Å². The van der Waals surface area contributed by atoms with Crippen molar-refractivity contribution in [2.45, 2.75) is 26.4 Å². The largest absolute Gasteiger partial charge is 0.491 e. The Balaban J connectivity index is 2.73. The molecule has 0 saturated carbocycles. The summed E-state index contributed by atoms with van der Waals surface area (Å²) in [6, 6.07) is 9.20. The summed E-state index contributed by atoms with van der Waals surface area (Å²) < 4.78 is 5.47. The van der Waals surface area contributed by atoms with Crippen LogP contribution in [0.1, 0.15) is 25.8 Å². The number of benzene rings is 1. The van der Waals surface area contributed by atoms with Crippen LogP contribution in [0.2, 0.25) is 0 Å². The van der Waals surface area contributed by atoms with E-state index >= 15 is 0 Å². The standard InChI is InChI=1S/C12H14N2O/c1-9(2)15-11-5-3-10(4-6-11)12(14)7-8-13/h3-6,9,14H,7H2,1-2H3. The van der Waals surface area contributed by atoms with Crippen LogP contribution in [0.5, 0.6) is 5.75 Å². The second-order valence-electron chi connectivity index (χ2n) is 3.50. The molecule has 0 aliphatic rings. The van der Waals surface area contributed by atoms with E-state index in [9.17, 15) is 0 Å². The third-order valence-electron chi connectivity index (χ3n) is 1.83. The van der Waals surface area contributed by atoms with Crippen LogP contribution in [0.3, 0.4) is 0 Å². The van der Waals surface area contributed by atoms with Gasteiger partial charge in [0.2, 0.25) is 0 Å². The molecule has 0 aromatic heterocycles. The van der Waals surface area contributed by atoms with Gasteiger partial charge in [0.05, 0.1) is 24.3 Å². The summed E-state index contributed by atoms with van der Waals surface area (Å²) in [5, 5.41) is 16.0. The van der Waals surface area contributed by atoms with Gasteiger partial charge in [0, 0.05) is 0 Å². The Morgan fingerprint density at radius 1 is 1.40 bits per heavy atom. The molecule has 0 saturated heterocycles. The molecule has 0 spiro atoms. The first-order valence-electron chi connectivity index (χ1n) is 4.85. The van der Waals surface area contributed by atoms with Crippen LogP contribution in [-0.2, 0) is 0 Å². The van der Waals surface area contributed by atoms with E-state index in [0.29, 0.717) is 5.71 Å². The topological polar surface area (TPSA) is 56.9 Å². The van der Waals surface area contributed by atoms with Crippen LogP contribution in [0.15, 0.2) is 24.3 Å². The molecular formula is C12H14N2O. The molecule has 0 radical (unpaired) electrons. The van der Waals surface area contributed by atoms with Gasteiger partial charge in [-0.2, -0.15) is 5.26 Å². The zero-order valence-corrected chi connectivity index (χ0v) is 8.95. The van der Waals surface area contributed by atoms with E-state index in [1.165, 1.54) is 0 Å². The highest BCUT2D eigenvalue weighted by Crippen LogP contribution is 2.14. The summed E-state index contributed by atoms with van der Waals surface area (Å²) >= 11 is 0. The predicted molar refractivity (Wildman–Crippen MR) is 59.3 cm³/mol. The molecule has 3 heteroatoms. The molecule has 0 amide bonds. The van der Waals surface area contributed by atoms with Crippen molar-refractivity contribution < 1.29 is 4.74 Å². The number of ether oxygens (including phenoxy) is 1. The van der Waals surface area contributed by atoms with E-state index in [4.69, 9.17) is 15.4 Å². The highest BCUT2D eigenvalue weighted by Gasteiger charge is 2.02. The fraction of sp³-hybridized carbons (Fsp3) is 0.333. The van der Waals surface area contributed by atoms with Crippen LogP contribution in [0.4, 0.5) is 0 Å². The Kier molecular flexibility index (Phi) is 3.87. The zero-order valence-electron chi connectivity index (χ0n) is 8.95. The smallest absolute Gasteiger partial charge is 0.119 e. The Bertz CT molecular complexity index is 374. The van der Waals surface area contributed by atoms with Gasteiger partial charge in [-0.05, 0) is 43.7 Å². The summed E-state index contributed by atoms with van der Waals surface area (Å²) in [5.41, 5.74) is 1.11. The van der Waals surface area contributed by atoms with Crippen molar-refractivity contribution in [3.63, 3.8) is 0 Å². The summed E-state index contributed by atoms with van der Waals surface area (Å²) in [5.74, 6) is 0.790. The molecule has 0 atom stereocenters. The van der Waals surface area contributed by atoms with Gasteiger partial charge in [0.25, 0.3) is 0 Å². The SMILES string of the molecule is CC(C)Oc1ccc(C(=N)CC#N)cc1. The fourth-order valence-electron chi connectivity index (χ4n) is 1.19. The molecule has 78 valence electrons. The highest BCUT2D eigenvalue weighted by molar-refractivity contribution is 5.99. The van der Waals surface area contributed by atoms with E-state index in [2.05, 4.69) is 0 Å². The third-order valence-corrected chi connectivity index (χ3v) is 1.83. The molecule has 0 heterocycles.